The van der Waals surface area contributed by atoms with Gasteiger partial charge in [-0.2, -0.15) is 0 Å². The fourth-order valence-corrected chi connectivity index (χ4v) is 4.08. The van der Waals surface area contributed by atoms with Crippen molar-refractivity contribution in [2.75, 3.05) is 13.6 Å². The number of para-hydroxylation sites is 1. The van der Waals surface area contributed by atoms with Crippen molar-refractivity contribution in [3.8, 4) is 0 Å². The number of hydrogen-bond donors (Lipinski definition) is 0. The fraction of sp³-hybridized carbons (Fsp3) is 0.364. The van der Waals surface area contributed by atoms with Crippen LogP contribution < -0.4 is 0 Å². The summed E-state index contributed by atoms with van der Waals surface area (Å²) in [5.41, 5.74) is 5.90. The van der Waals surface area contributed by atoms with Gasteiger partial charge in [-0.3, -0.25) is 0 Å². The summed E-state index contributed by atoms with van der Waals surface area (Å²) in [5, 5.41) is 1.45. The summed E-state index contributed by atoms with van der Waals surface area (Å²) in [7, 11) is 2.41. The number of quaternary nitrogens is 1. The molecular weight excluding hydrogens is 292 g/mol. The standard InChI is InChI=1S/C22H27N2/c1-17(2)24(3)14-13-22-20(16-24)19-11-7-8-12-21(19)23(22)15-18-9-5-4-6-10-18/h4-12,17H,13-16H2,1-3H3/q+1/t24-/m1/s1. The van der Waals surface area contributed by atoms with E-state index in [2.05, 4.69) is 80.1 Å². The van der Waals surface area contributed by atoms with Crippen LogP contribution in [0.1, 0.15) is 30.7 Å². The van der Waals surface area contributed by atoms with Crippen LogP contribution in [0.15, 0.2) is 54.6 Å². The summed E-state index contributed by atoms with van der Waals surface area (Å²) in [4.78, 5) is 0. The van der Waals surface area contributed by atoms with Gasteiger partial charge >= 0.3 is 0 Å². The Morgan fingerprint density at radius 1 is 1.00 bits per heavy atom. The molecule has 3 aromatic rings. The highest BCUT2D eigenvalue weighted by Crippen LogP contribution is 2.34. The minimum atomic E-state index is 0.661. The van der Waals surface area contributed by atoms with Crippen LogP contribution in [0.25, 0.3) is 10.9 Å². The molecule has 1 aliphatic rings. The highest BCUT2D eigenvalue weighted by molar-refractivity contribution is 5.85. The molecule has 4 rings (SSSR count). The van der Waals surface area contributed by atoms with E-state index >= 15 is 0 Å². The molecule has 1 atom stereocenters. The average molecular weight is 319 g/mol. The first-order valence-corrected chi connectivity index (χ1v) is 9.05. The van der Waals surface area contributed by atoms with E-state index in [1.54, 1.807) is 11.3 Å². The molecule has 2 heteroatoms. The maximum Gasteiger partial charge on any atom is 0.107 e. The van der Waals surface area contributed by atoms with E-state index in [4.69, 9.17) is 0 Å². The molecule has 0 N–H and O–H groups in total. The van der Waals surface area contributed by atoms with Crippen molar-refractivity contribution < 1.29 is 4.48 Å². The number of hydrogen-bond acceptors (Lipinski definition) is 0. The summed E-state index contributed by atoms with van der Waals surface area (Å²) in [6.07, 6.45) is 1.17. The fourth-order valence-electron chi connectivity index (χ4n) is 4.08. The molecule has 1 aliphatic heterocycles. The molecule has 2 heterocycles. The molecule has 0 aliphatic carbocycles. The van der Waals surface area contributed by atoms with Gasteiger partial charge in [0.25, 0.3) is 0 Å². The first-order valence-electron chi connectivity index (χ1n) is 9.05. The van der Waals surface area contributed by atoms with Gasteiger partial charge in [-0.05, 0) is 25.5 Å². The first kappa shape index (κ1) is 15.5. The van der Waals surface area contributed by atoms with Crippen LogP contribution in [0.3, 0.4) is 0 Å². The Morgan fingerprint density at radius 3 is 2.46 bits per heavy atom. The number of fused-ring (bicyclic) bond motifs is 3. The highest BCUT2D eigenvalue weighted by Gasteiger charge is 2.34. The zero-order valence-electron chi connectivity index (χ0n) is 15.0. The third-order valence-corrected chi connectivity index (χ3v) is 6.00. The van der Waals surface area contributed by atoms with Crippen molar-refractivity contribution in [3.63, 3.8) is 0 Å². The zero-order chi connectivity index (χ0) is 16.7. The van der Waals surface area contributed by atoms with Crippen molar-refractivity contribution >= 4 is 10.9 Å². The van der Waals surface area contributed by atoms with Gasteiger partial charge in [0.2, 0.25) is 0 Å². The van der Waals surface area contributed by atoms with E-state index in [9.17, 15) is 0 Å². The molecule has 0 saturated heterocycles. The monoisotopic (exact) mass is 319 g/mol. The Kier molecular flexibility index (Phi) is 3.73. The van der Waals surface area contributed by atoms with Crippen LogP contribution in [-0.4, -0.2) is 28.7 Å². The molecule has 0 bridgehead atoms. The lowest BCUT2D eigenvalue weighted by molar-refractivity contribution is -0.944. The molecule has 1 aromatic heterocycles. The third kappa shape index (κ3) is 2.46. The van der Waals surface area contributed by atoms with Crippen LogP contribution in [0.2, 0.25) is 0 Å². The van der Waals surface area contributed by atoms with Crippen molar-refractivity contribution in [1.82, 2.24) is 4.57 Å². The Labute approximate surface area is 144 Å². The van der Waals surface area contributed by atoms with Crippen LogP contribution in [0, 0.1) is 0 Å². The van der Waals surface area contributed by atoms with Gasteiger partial charge in [-0.1, -0.05) is 48.5 Å². The molecule has 0 saturated carbocycles. The van der Waals surface area contributed by atoms with Gasteiger partial charge in [-0.25, -0.2) is 0 Å². The molecule has 2 nitrogen and oxygen atoms in total. The van der Waals surface area contributed by atoms with Crippen molar-refractivity contribution in [2.24, 2.45) is 0 Å². The van der Waals surface area contributed by atoms with Crippen LogP contribution in [-0.2, 0) is 19.5 Å². The normalized spacial score (nSPS) is 20.5. The van der Waals surface area contributed by atoms with E-state index in [0.29, 0.717) is 6.04 Å². The average Bonchev–Trinajstić information content (AvgIpc) is 2.89. The molecule has 0 fully saturated rings. The highest BCUT2D eigenvalue weighted by atomic mass is 15.4. The summed E-state index contributed by atoms with van der Waals surface area (Å²) < 4.78 is 3.70. The number of rotatable bonds is 3. The van der Waals surface area contributed by atoms with Gasteiger partial charge in [-0.15, -0.1) is 0 Å². The molecule has 2 aromatic carbocycles. The largest absolute Gasteiger partial charge is 0.339 e. The van der Waals surface area contributed by atoms with E-state index < -0.39 is 0 Å². The van der Waals surface area contributed by atoms with Gasteiger partial charge < -0.3 is 9.05 Å². The zero-order valence-corrected chi connectivity index (χ0v) is 15.0. The van der Waals surface area contributed by atoms with E-state index in [1.807, 2.05) is 0 Å². The molecule has 124 valence electrons. The second kappa shape index (κ2) is 5.78. The molecule has 0 spiro atoms. The Bertz CT molecular complexity index is 860. The second-order valence-electron chi connectivity index (χ2n) is 7.72. The van der Waals surface area contributed by atoms with Crippen molar-refractivity contribution in [3.05, 3.63) is 71.4 Å². The lowest BCUT2D eigenvalue weighted by Crippen LogP contribution is -2.52. The molecular formula is C22H27N2+. The third-order valence-electron chi connectivity index (χ3n) is 6.00. The minimum absolute atomic E-state index is 0.661. The smallest absolute Gasteiger partial charge is 0.107 e. The topological polar surface area (TPSA) is 4.93 Å². The van der Waals surface area contributed by atoms with Crippen LogP contribution in [0.4, 0.5) is 0 Å². The van der Waals surface area contributed by atoms with Gasteiger partial charge in [0.1, 0.15) is 6.54 Å². The maximum absolute atomic E-state index is 2.56. The molecule has 24 heavy (non-hydrogen) atoms. The van der Waals surface area contributed by atoms with Gasteiger partial charge in [0, 0.05) is 35.1 Å². The van der Waals surface area contributed by atoms with Crippen molar-refractivity contribution in [1.29, 1.82) is 0 Å². The lowest BCUT2D eigenvalue weighted by Gasteiger charge is -2.41. The van der Waals surface area contributed by atoms with Gasteiger partial charge in [0.05, 0.1) is 19.6 Å². The first-order chi connectivity index (χ1) is 11.6. The number of nitrogens with zero attached hydrogens (tertiary/aromatic N) is 2. The summed E-state index contributed by atoms with van der Waals surface area (Å²) in [6, 6.07) is 20.5. The van der Waals surface area contributed by atoms with Crippen LogP contribution in [0.5, 0.6) is 0 Å². The summed E-state index contributed by atoms with van der Waals surface area (Å²) in [5.74, 6) is 0. The SMILES string of the molecule is CC(C)[N@+]1(C)CCc2c(c3ccccc3n2Cc2ccccc2)C1. The predicted molar refractivity (Wildman–Crippen MR) is 101 cm³/mol. The summed E-state index contributed by atoms with van der Waals surface area (Å²) in [6.45, 7) is 8.06. The lowest BCUT2D eigenvalue weighted by atomic mass is 10.0. The maximum atomic E-state index is 2.56. The number of benzene rings is 2. The van der Waals surface area contributed by atoms with E-state index in [-0.39, 0.29) is 0 Å². The Morgan fingerprint density at radius 2 is 1.71 bits per heavy atom. The molecule has 0 amide bonds. The summed E-state index contributed by atoms with van der Waals surface area (Å²) >= 11 is 0. The second-order valence-corrected chi connectivity index (χ2v) is 7.72. The van der Waals surface area contributed by atoms with Gasteiger partial charge in [0.15, 0.2) is 0 Å². The molecule has 0 radical (unpaired) electrons. The quantitative estimate of drug-likeness (QED) is 0.622. The minimum Gasteiger partial charge on any atom is -0.339 e. The Hall–Kier alpha value is -2.06. The predicted octanol–water partition coefficient (Wildman–Crippen LogP) is 4.60. The molecule has 0 unspecified atom stereocenters. The van der Waals surface area contributed by atoms with E-state index in [0.717, 1.165) is 17.6 Å². The van der Waals surface area contributed by atoms with E-state index in [1.165, 1.54) is 29.4 Å². The Balaban J connectivity index is 1.85. The van der Waals surface area contributed by atoms with Crippen LogP contribution >= 0.6 is 0 Å². The van der Waals surface area contributed by atoms with Crippen molar-refractivity contribution in [2.45, 2.75) is 39.4 Å². The number of likely N-dealkylation sites (N-methyl/N-ethyl adjacent to an activating group) is 1. The number of aromatic nitrogens is 1.